The molecule has 0 N–H and O–H groups in total. The second kappa shape index (κ2) is 3.53. The van der Waals surface area contributed by atoms with Crippen LogP contribution < -0.4 is 5.76 Å². The van der Waals surface area contributed by atoms with Crippen molar-refractivity contribution in [3.05, 3.63) is 40.9 Å². The molecule has 5 heteroatoms. The summed E-state index contributed by atoms with van der Waals surface area (Å²) in [6.07, 6.45) is 0. The third kappa shape index (κ3) is 1.71. The van der Waals surface area contributed by atoms with Crippen molar-refractivity contribution in [1.82, 2.24) is 9.78 Å². The third-order valence-corrected chi connectivity index (χ3v) is 1.87. The molecule has 0 saturated carbocycles. The number of carbonyl (C=O) groups is 1. The van der Waals surface area contributed by atoms with Gasteiger partial charge in [0.1, 0.15) is 0 Å². The van der Waals surface area contributed by atoms with Gasteiger partial charge in [0.05, 0.1) is 0 Å². The fourth-order valence-electron chi connectivity index (χ4n) is 1.17. The highest BCUT2D eigenvalue weighted by Gasteiger charge is 2.11. The minimum absolute atomic E-state index is 0.149. The molecule has 5 nitrogen and oxygen atoms in total. The standard InChI is InChI=1S/C10H8N2O3/c1-7(13)12-10(14)15-9(11-12)8-5-3-2-4-6-8/h2-6H,1H3. The Morgan fingerprint density at radius 2 is 2.00 bits per heavy atom. The summed E-state index contributed by atoms with van der Waals surface area (Å²) in [4.78, 5) is 22.1. The van der Waals surface area contributed by atoms with E-state index in [-0.39, 0.29) is 5.89 Å². The van der Waals surface area contributed by atoms with Crippen molar-refractivity contribution in [2.75, 3.05) is 0 Å². The topological polar surface area (TPSA) is 65.1 Å². The van der Waals surface area contributed by atoms with Crippen molar-refractivity contribution in [3.8, 4) is 11.5 Å². The van der Waals surface area contributed by atoms with E-state index >= 15 is 0 Å². The van der Waals surface area contributed by atoms with Gasteiger partial charge in [-0.15, -0.1) is 9.78 Å². The lowest BCUT2D eigenvalue weighted by Crippen LogP contribution is -2.21. The summed E-state index contributed by atoms with van der Waals surface area (Å²) in [5, 5.41) is 3.77. The largest absolute Gasteiger partial charge is 0.444 e. The molecule has 0 aliphatic rings. The lowest BCUT2D eigenvalue weighted by molar-refractivity contribution is 0.0913. The fraction of sp³-hybridized carbons (Fsp3) is 0.100. The molecule has 1 aromatic carbocycles. The van der Waals surface area contributed by atoms with Gasteiger partial charge in [-0.1, -0.05) is 18.2 Å². The Morgan fingerprint density at radius 3 is 2.53 bits per heavy atom. The van der Waals surface area contributed by atoms with Gasteiger partial charge in [0.2, 0.25) is 11.8 Å². The molecule has 0 amide bonds. The molecule has 0 bridgehead atoms. The van der Waals surface area contributed by atoms with Gasteiger partial charge in [-0.25, -0.2) is 4.79 Å². The van der Waals surface area contributed by atoms with E-state index in [0.29, 0.717) is 10.2 Å². The predicted molar refractivity (Wildman–Crippen MR) is 52.5 cm³/mol. The lowest BCUT2D eigenvalue weighted by Gasteiger charge is -1.90. The number of hydrogen-bond acceptors (Lipinski definition) is 4. The molecule has 0 radical (unpaired) electrons. The van der Waals surface area contributed by atoms with Crippen LogP contribution in [-0.2, 0) is 0 Å². The van der Waals surface area contributed by atoms with Crippen LogP contribution in [0.15, 0.2) is 39.5 Å². The van der Waals surface area contributed by atoms with Crippen LogP contribution in [0.4, 0.5) is 0 Å². The summed E-state index contributed by atoms with van der Waals surface area (Å²) in [7, 11) is 0. The minimum atomic E-state index is -0.763. The van der Waals surface area contributed by atoms with Crippen LogP contribution in [0.2, 0.25) is 0 Å². The van der Waals surface area contributed by atoms with Gasteiger partial charge in [-0.05, 0) is 12.1 Å². The maximum absolute atomic E-state index is 11.2. The zero-order valence-electron chi connectivity index (χ0n) is 8.01. The molecule has 0 fully saturated rings. The summed E-state index contributed by atoms with van der Waals surface area (Å²) in [6, 6.07) is 8.92. The van der Waals surface area contributed by atoms with Crippen molar-refractivity contribution in [3.63, 3.8) is 0 Å². The van der Waals surface area contributed by atoms with Crippen molar-refractivity contribution in [2.45, 2.75) is 6.92 Å². The van der Waals surface area contributed by atoms with Gasteiger partial charge in [0, 0.05) is 12.5 Å². The third-order valence-electron chi connectivity index (χ3n) is 1.87. The van der Waals surface area contributed by atoms with E-state index in [2.05, 4.69) is 5.10 Å². The molecule has 1 heterocycles. The minimum Gasteiger partial charge on any atom is -0.387 e. The molecule has 0 aliphatic carbocycles. The average Bonchev–Trinajstić information content (AvgIpc) is 2.62. The SMILES string of the molecule is CC(=O)n1nc(-c2ccccc2)oc1=O. The Kier molecular flexibility index (Phi) is 2.21. The smallest absolute Gasteiger partial charge is 0.387 e. The molecule has 2 aromatic rings. The first kappa shape index (κ1) is 9.39. The Bertz CT molecular complexity index is 539. The first-order chi connectivity index (χ1) is 7.18. The summed E-state index contributed by atoms with van der Waals surface area (Å²) < 4.78 is 5.53. The van der Waals surface area contributed by atoms with Crippen LogP contribution >= 0.6 is 0 Å². The van der Waals surface area contributed by atoms with E-state index < -0.39 is 11.7 Å². The number of nitrogens with zero attached hydrogens (tertiary/aromatic N) is 2. The Balaban J connectivity index is 2.53. The zero-order valence-corrected chi connectivity index (χ0v) is 8.01. The highest BCUT2D eigenvalue weighted by Crippen LogP contribution is 2.13. The van der Waals surface area contributed by atoms with Crippen molar-refractivity contribution < 1.29 is 9.21 Å². The Morgan fingerprint density at radius 1 is 1.33 bits per heavy atom. The predicted octanol–water partition coefficient (Wildman–Crippen LogP) is 1.16. The second-order valence-electron chi connectivity index (χ2n) is 2.97. The number of aromatic nitrogens is 2. The molecular formula is C10H8N2O3. The van der Waals surface area contributed by atoms with Gasteiger partial charge < -0.3 is 4.42 Å². The van der Waals surface area contributed by atoms with E-state index in [9.17, 15) is 9.59 Å². The molecule has 0 unspecified atom stereocenters. The first-order valence-corrected chi connectivity index (χ1v) is 4.35. The summed E-state index contributed by atoms with van der Waals surface area (Å²) >= 11 is 0. The maximum Gasteiger partial charge on any atom is 0.444 e. The number of rotatable bonds is 1. The van der Waals surface area contributed by atoms with Gasteiger partial charge >= 0.3 is 5.76 Å². The molecule has 0 saturated heterocycles. The molecule has 0 atom stereocenters. The van der Waals surface area contributed by atoms with Crippen LogP contribution in [-0.4, -0.2) is 15.7 Å². The average molecular weight is 204 g/mol. The van der Waals surface area contributed by atoms with E-state index in [0.717, 1.165) is 0 Å². The van der Waals surface area contributed by atoms with Crippen LogP contribution in [0.25, 0.3) is 11.5 Å². The van der Waals surface area contributed by atoms with Crippen molar-refractivity contribution in [2.24, 2.45) is 0 Å². The molecule has 15 heavy (non-hydrogen) atoms. The van der Waals surface area contributed by atoms with Crippen LogP contribution in [0.3, 0.4) is 0 Å². The van der Waals surface area contributed by atoms with E-state index in [4.69, 9.17) is 4.42 Å². The van der Waals surface area contributed by atoms with Gasteiger partial charge in [-0.2, -0.15) is 0 Å². The fourth-order valence-corrected chi connectivity index (χ4v) is 1.17. The van der Waals surface area contributed by atoms with Crippen molar-refractivity contribution >= 4 is 5.91 Å². The monoisotopic (exact) mass is 204 g/mol. The van der Waals surface area contributed by atoms with Gasteiger partial charge in [-0.3, -0.25) is 4.79 Å². The summed E-state index contributed by atoms with van der Waals surface area (Å²) in [5.74, 6) is -1.08. The molecule has 0 aliphatic heterocycles. The summed E-state index contributed by atoms with van der Waals surface area (Å²) in [5.41, 5.74) is 0.662. The normalized spacial score (nSPS) is 10.2. The number of hydrogen-bond donors (Lipinski definition) is 0. The Labute approximate surface area is 85.0 Å². The number of carbonyl (C=O) groups excluding carboxylic acids is 1. The lowest BCUT2D eigenvalue weighted by atomic mass is 10.2. The second-order valence-corrected chi connectivity index (χ2v) is 2.97. The van der Waals surface area contributed by atoms with Crippen LogP contribution in [0, 0.1) is 0 Å². The zero-order chi connectivity index (χ0) is 10.8. The van der Waals surface area contributed by atoms with Crippen LogP contribution in [0.5, 0.6) is 0 Å². The Hall–Kier alpha value is -2.17. The van der Waals surface area contributed by atoms with E-state index in [1.165, 1.54) is 6.92 Å². The van der Waals surface area contributed by atoms with Crippen LogP contribution in [0.1, 0.15) is 11.7 Å². The van der Waals surface area contributed by atoms with E-state index in [1.807, 2.05) is 6.07 Å². The molecule has 2 rings (SSSR count). The van der Waals surface area contributed by atoms with E-state index in [1.54, 1.807) is 24.3 Å². The number of benzene rings is 1. The van der Waals surface area contributed by atoms with Gasteiger partial charge in [0.15, 0.2) is 0 Å². The summed E-state index contributed by atoms with van der Waals surface area (Å²) in [6.45, 7) is 1.25. The molecule has 1 aromatic heterocycles. The van der Waals surface area contributed by atoms with Crippen molar-refractivity contribution in [1.29, 1.82) is 0 Å². The maximum atomic E-state index is 11.2. The molecule has 0 spiro atoms. The molecular weight excluding hydrogens is 196 g/mol. The molecule has 76 valence electrons. The first-order valence-electron chi connectivity index (χ1n) is 4.35. The highest BCUT2D eigenvalue weighted by atomic mass is 16.4. The quantitative estimate of drug-likeness (QED) is 0.699. The highest BCUT2D eigenvalue weighted by molar-refractivity contribution is 5.75. The van der Waals surface area contributed by atoms with Gasteiger partial charge in [0.25, 0.3) is 0 Å².